The number of anilines is 1. The molecule has 102 valence electrons. The Morgan fingerprint density at radius 2 is 2.11 bits per heavy atom. The molecule has 0 aliphatic carbocycles. The highest BCUT2D eigenvalue weighted by Gasteiger charge is 2.33. The van der Waals surface area contributed by atoms with Gasteiger partial charge in [0.2, 0.25) is 0 Å². The van der Waals surface area contributed by atoms with E-state index in [9.17, 15) is 0 Å². The molecule has 0 aromatic heterocycles. The molecule has 0 spiro atoms. The Morgan fingerprint density at radius 3 is 2.68 bits per heavy atom. The van der Waals surface area contributed by atoms with Gasteiger partial charge in [0.15, 0.2) is 0 Å². The number of hydrogen-bond donors (Lipinski definition) is 0. The van der Waals surface area contributed by atoms with Crippen LogP contribution in [0.25, 0.3) is 0 Å². The van der Waals surface area contributed by atoms with Gasteiger partial charge >= 0.3 is 0 Å². The Labute approximate surface area is 114 Å². The summed E-state index contributed by atoms with van der Waals surface area (Å²) in [6, 6.07) is 9.82. The van der Waals surface area contributed by atoms with Gasteiger partial charge in [0.05, 0.1) is 29.9 Å². The van der Waals surface area contributed by atoms with Gasteiger partial charge in [-0.1, -0.05) is 0 Å². The lowest BCUT2D eigenvalue weighted by Gasteiger charge is -2.43. The zero-order chi connectivity index (χ0) is 13.9. The van der Waals surface area contributed by atoms with Crippen LogP contribution < -0.4 is 4.90 Å². The Hall–Kier alpha value is -1.57. The molecular formula is C15H20N2O2. The molecule has 4 heteroatoms. The summed E-state index contributed by atoms with van der Waals surface area (Å²) in [4.78, 5) is 2.29. The predicted molar refractivity (Wildman–Crippen MR) is 74.2 cm³/mol. The number of rotatable bonds is 3. The van der Waals surface area contributed by atoms with Crippen molar-refractivity contribution in [3.8, 4) is 6.07 Å². The van der Waals surface area contributed by atoms with Crippen LogP contribution in [0.3, 0.4) is 0 Å². The lowest BCUT2D eigenvalue weighted by atomic mass is 10.0. The third kappa shape index (κ3) is 3.46. The fraction of sp³-hybridized carbons (Fsp3) is 0.533. The molecule has 1 fully saturated rings. The zero-order valence-electron chi connectivity index (χ0n) is 11.7. The normalized spacial score (nSPS) is 22.0. The molecule has 0 saturated carbocycles. The topological polar surface area (TPSA) is 45.5 Å². The van der Waals surface area contributed by atoms with E-state index in [0.29, 0.717) is 12.2 Å². The van der Waals surface area contributed by atoms with Crippen LogP contribution in [0.5, 0.6) is 0 Å². The number of morpholine rings is 1. The van der Waals surface area contributed by atoms with Gasteiger partial charge in [0, 0.05) is 25.9 Å². The monoisotopic (exact) mass is 260 g/mol. The van der Waals surface area contributed by atoms with Crippen LogP contribution in [0.1, 0.15) is 19.4 Å². The summed E-state index contributed by atoms with van der Waals surface area (Å²) in [5.74, 6) is 0. The van der Waals surface area contributed by atoms with Crippen LogP contribution in [0.2, 0.25) is 0 Å². The number of nitriles is 1. The molecular weight excluding hydrogens is 240 g/mol. The molecule has 1 aliphatic rings. The van der Waals surface area contributed by atoms with E-state index < -0.39 is 0 Å². The van der Waals surface area contributed by atoms with Gasteiger partial charge in [-0.25, -0.2) is 0 Å². The number of ether oxygens (including phenoxy) is 2. The van der Waals surface area contributed by atoms with E-state index in [0.717, 1.165) is 18.8 Å². The predicted octanol–water partition coefficient (Wildman–Crippen LogP) is 2.19. The average molecular weight is 260 g/mol. The highest BCUT2D eigenvalue weighted by molar-refractivity contribution is 5.50. The van der Waals surface area contributed by atoms with Crippen LogP contribution >= 0.6 is 0 Å². The van der Waals surface area contributed by atoms with Crippen molar-refractivity contribution in [1.29, 1.82) is 5.26 Å². The number of nitrogens with zero attached hydrogens (tertiary/aromatic N) is 2. The second-order valence-corrected chi connectivity index (χ2v) is 5.49. The first-order valence-corrected chi connectivity index (χ1v) is 6.46. The van der Waals surface area contributed by atoms with E-state index in [1.54, 1.807) is 7.11 Å². The Morgan fingerprint density at radius 1 is 1.42 bits per heavy atom. The first-order valence-electron chi connectivity index (χ1n) is 6.46. The fourth-order valence-electron chi connectivity index (χ4n) is 2.51. The third-order valence-corrected chi connectivity index (χ3v) is 3.20. The maximum Gasteiger partial charge on any atom is 0.0991 e. The Balaban J connectivity index is 2.15. The second kappa shape index (κ2) is 5.60. The van der Waals surface area contributed by atoms with Crippen molar-refractivity contribution < 1.29 is 9.47 Å². The molecule has 1 unspecified atom stereocenters. The number of hydrogen-bond acceptors (Lipinski definition) is 4. The van der Waals surface area contributed by atoms with Gasteiger partial charge in [0.25, 0.3) is 0 Å². The molecule has 4 nitrogen and oxygen atoms in total. The zero-order valence-corrected chi connectivity index (χ0v) is 11.7. The van der Waals surface area contributed by atoms with Crippen LogP contribution in [0.15, 0.2) is 24.3 Å². The largest absolute Gasteiger partial charge is 0.382 e. The maximum atomic E-state index is 8.83. The summed E-state index contributed by atoms with van der Waals surface area (Å²) >= 11 is 0. The summed E-state index contributed by atoms with van der Waals surface area (Å²) in [5, 5.41) is 8.83. The van der Waals surface area contributed by atoms with Crippen molar-refractivity contribution in [3.63, 3.8) is 0 Å². The Kier molecular flexibility index (Phi) is 4.08. The van der Waals surface area contributed by atoms with Crippen molar-refractivity contribution in [1.82, 2.24) is 0 Å². The van der Waals surface area contributed by atoms with Crippen molar-refractivity contribution >= 4 is 5.69 Å². The first kappa shape index (κ1) is 13.9. The summed E-state index contributed by atoms with van der Waals surface area (Å²) in [7, 11) is 1.69. The molecule has 1 atom stereocenters. The van der Waals surface area contributed by atoms with E-state index in [1.165, 1.54) is 0 Å². The summed E-state index contributed by atoms with van der Waals surface area (Å²) in [6.07, 6.45) is 0.0735. The molecule has 1 aliphatic heterocycles. The van der Waals surface area contributed by atoms with E-state index in [2.05, 4.69) is 24.8 Å². The van der Waals surface area contributed by atoms with Crippen molar-refractivity contribution in [2.45, 2.75) is 25.6 Å². The molecule has 2 rings (SSSR count). The number of benzene rings is 1. The Bertz CT molecular complexity index is 462. The van der Waals surface area contributed by atoms with Crippen molar-refractivity contribution in [2.75, 3.05) is 31.7 Å². The van der Waals surface area contributed by atoms with Gasteiger partial charge in [0.1, 0.15) is 0 Å². The molecule has 0 bridgehead atoms. The summed E-state index contributed by atoms with van der Waals surface area (Å²) in [6.45, 7) is 6.41. The lowest BCUT2D eigenvalue weighted by molar-refractivity contribution is -0.106. The molecule has 1 heterocycles. The highest BCUT2D eigenvalue weighted by Crippen LogP contribution is 2.26. The standard InChI is InChI=1S/C15H20N2O2/c1-15(2)11-17(9-14(19-15)10-18-3)13-6-4-12(8-16)5-7-13/h4-7,14H,9-11H2,1-3H3. The van der Waals surface area contributed by atoms with Gasteiger partial charge in [-0.3, -0.25) is 0 Å². The van der Waals surface area contributed by atoms with Gasteiger partial charge in [-0.15, -0.1) is 0 Å². The maximum absolute atomic E-state index is 8.83. The van der Waals surface area contributed by atoms with Crippen LogP contribution in [-0.4, -0.2) is 38.5 Å². The summed E-state index contributed by atoms with van der Waals surface area (Å²) in [5.41, 5.74) is 1.61. The lowest BCUT2D eigenvalue weighted by Crippen LogP contribution is -2.54. The van der Waals surface area contributed by atoms with E-state index >= 15 is 0 Å². The smallest absolute Gasteiger partial charge is 0.0991 e. The molecule has 1 aromatic carbocycles. The number of methoxy groups -OCH3 is 1. The van der Waals surface area contributed by atoms with E-state index in [1.807, 2.05) is 24.3 Å². The van der Waals surface area contributed by atoms with Crippen LogP contribution in [-0.2, 0) is 9.47 Å². The molecule has 0 N–H and O–H groups in total. The van der Waals surface area contributed by atoms with E-state index in [-0.39, 0.29) is 11.7 Å². The van der Waals surface area contributed by atoms with Crippen molar-refractivity contribution in [3.05, 3.63) is 29.8 Å². The van der Waals surface area contributed by atoms with E-state index in [4.69, 9.17) is 14.7 Å². The van der Waals surface area contributed by atoms with Gasteiger partial charge < -0.3 is 14.4 Å². The molecule has 19 heavy (non-hydrogen) atoms. The highest BCUT2D eigenvalue weighted by atomic mass is 16.5. The van der Waals surface area contributed by atoms with Crippen LogP contribution in [0, 0.1) is 11.3 Å². The van der Waals surface area contributed by atoms with Gasteiger partial charge in [-0.05, 0) is 38.1 Å². The minimum atomic E-state index is -0.199. The van der Waals surface area contributed by atoms with Gasteiger partial charge in [-0.2, -0.15) is 5.26 Å². The average Bonchev–Trinajstić information content (AvgIpc) is 2.37. The molecule has 1 saturated heterocycles. The quantitative estimate of drug-likeness (QED) is 0.835. The minimum absolute atomic E-state index is 0.0735. The van der Waals surface area contributed by atoms with Crippen LogP contribution in [0.4, 0.5) is 5.69 Å². The molecule has 1 aromatic rings. The third-order valence-electron chi connectivity index (χ3n) is 3.20. The SMILES string of the molecule is COCC1CN(c2ccc(C#N)cc2)CC(C)(C)O1. The fourth-order valence-corrected chi connectivity index (χ4v) is 2.51. The molecule has 0 amide bonds. The molecule has 0 radical (unpaired) electrons. The second-order valence-electron chi connectivity index (χ2n) is 5.49. The minimum Gasteiger partial charge on any atom is -0.382 e. The van der Waals surface area contributed by atoms with Crippen molar-refractivity contribution in [2.24, 2.45) is 0 Å². The first-order chi connectivity index (χ1) is 9.04. The summed E-state index contributed by atoms with van der Waals surface area (Å²) < 4.78 is 11.2.